The Kier molecular flexibility index (Phi) is 4.82. The topological polar surface area (TPSA) is 20.2 Å². The third-order valence-corrected chi connectivity index (χ3v) is 7.96. The van der Waals surface area contributed by atoms with Crippen LogP contribution in [-0.4, -0.2) is 19.8 Å². The molecule has 1 N–H and O–H groups in total. The van der Waals surface area contributed by atoms with Crippen molar-refractivity contribution in [1.82, 2.24) is 0 Å². The summed E-state index contributed by atoms with van der Waals surface area (Å²) < 4.78 is 0. The van der Waals surface area contributed by atoms with E-state index in [-0.39, 0.29) is 6.61 Å². The van der Waals surface area contributed by atoms with Gasteiger partial charge in [0.1, 0.15) is 8.07 Å². The highest BCUT2D eigenvalue weighted by molar-refractivity contribution is 7.04. The summed E-state index contributed by atoms with van der Waals surface area (Å²) in [6, 6.07) is 25.6. The summed E-state index contributed by atoms with van der Waals surface area (Å²) in [7, 11) is -1.91. The Balaban J connectivity index is 2.18. The van der Waals surface area contributed by atoms with Crippen molar-refractivity contribution in [2.45, 2.75) is 13.1 Å². The zero-order valence-electron chi connectivity index (χ0n) is 14.2. The first-order chi connectivity index (χ1) is 11.6. The van der Waals surface area contributed by atoms with Crippen LogP contribution in [-0.2, 0) is 0 Å². The monoisotopic (exact) mass is 330 g/mol. The number of aliphatic hydroxyl groups is 1. The molecular weight excluding hydrogens is 308 g/mol. The number of benzene rings is 3. The van der Waals surface area contributed by atoms with Crippen LogP contribution >= 0.6 is 0 Å². The van der Waals surface area contributed by atoms with Gasteiger partial charge in [0.15, 0.2) is 0 Å². The number of fused-ring (bicyclic) bond motifs is 1. The molecule has 0 aliphatic heterocycles. The fourth-order valence-corrected chi connectivity index (χ4v) is 5.77. The second kappa shape index (κ2) is 7.02. The molecule has 0 bridgehead atoms. The molecule has 0 fully saturated rings. The smallest absolute Gasteiger partial charge is 0.122 e. The summed E-state index contributed by atoms with van der Waals surface area (Å²) in [5.41, 5.74) is 4.59. The molecular formula is C22H22OSi. The van der Waals surface area contributed by atoms with Crippen molar-refractivity contribution in [3.8, 4) is 0 Å². The lowest BCUT2D eigenvalue weighted by Gasteiger charge is -2.25. The van der Waals surface area contributed by atoms with E-state index in [1.807, 2.05) is 0 Å². The van der Waals surface area contributed by atoms with Gasteiger partial charge in [-0.15, -0.1) is 5.73 Å². The van der Waals surface area contributed by atoms with Crippen molar-refractivity contribution < 1.29 is 5.11 Å². The minimum atomic E-state index is -1.91. The Hall–Kier alpha value is -2.38. The number of hydrogen-bond donors (Lipinski definition) is 1. The average molecular weight is 331 g/mol. The van der Waals surface area contributed by atoms with E-state index in [1.54, 1.807) is 6.08 Å². The fourth-order valence-electron chi connectivity index (χ4n) is 3.12. The van der Waals surface area contributed by atoms with E-state index in [0.717, 1.165) is 0 Å². The van der Waals surface area contributed by atoms with E-state index in [2.05, 4.69) is 91.6 Å². The van der Waals surface area contributed by atoms with Gasteiger partial charge in [-0.1, -0.05) is 85.0 Å². The Bertz CT molecular complexity index is 903. The van der Waals surface area contributed by atoms with Gasteiger partial charge < -0.3 is 5.11 Å². The van der Waals surface area contributed by atoms with Crippen molar-refractivity contribution in [3.63, 3.8) is 0 Å². The fraction of sp³-hybridized carbons (Fsp3) is 0.136. The molecule has 0 radical (unpaired) electrons. The molecule has 0 aromatic heterocycles. The Morgan fingerprint density at radius 2 is 1.58 bits per heavy atom. The Labute approximate surface area is 144 Å². The molecule has 0 heterocycles. The van der Waals surface area contributed by atoms with Crippen molar-refractivity contribution >= 4 is 29.2 Å². The highest BCUT2D eigenvalue weighted by atomic mass is 28.3. The maximum atomic E-state index is 9.25. The van der Waals surface area contributed by atoms with Gasteiger partial charge >= 0.3 is 0 Å². The Morgan fingerprint density at radius 3 is 2.29 bits per heavy atom. The number of aliphatic hydroxyl groups excluding tert-OH is 1. The van der Waals surface area contributed by atoms with Crippen LogP contribution in [0.15, 0.2) is 84.6 Å². The molecule has 0 saturated carbocycles. The summed E-state index contributed by atoms with van der Waals surface area (Å²) in [6.45, 7) is 4.69. The summed E-state index contributed by atoms with van der Waals surface area (Å²) >= 11 is 0. The molecule has 120 valence electrons. The van der Waals surface area contributed by atoms with Crippen LogP contribution in [0.1, 0.15) is 5.56 Å². The van der Waals surface area contributed by atoms with Gasteiger partial charge in [-0.3, -0.25) is 0 Å². The molecule has 2 heteroatoms. The van der Waals surface area contributed by atoms with Crippen molar-refractivity contribution in [3.05, 3.63) is 90.2 Å². The van der Waals surface area contributed by atoms with Crippen LogP contribution in [0.4, 0.5) is 0 Å². The minimum absolute atomic E-state index is 0.0103. The van der Waals surface area contributed by atoms with Crippen LogP contribution in [0, 0.1) is 0 Å². The van der Waals surface area contributed by atoms with Crippen LogP contribution < -0.4 is 5.19 Å². The van der Waals surface area contributed by atoms with Gasteiger partial charge in [-0.05, 0) is 33.7 Å². The van der Waals surface area contributed by atoms with Gasteiger partial charge in [-0.2, -0.15) is 0 Å². The lowest BCUT2D eigenvalue weighted by molar-refractivity contribution is 0.343. The molecule has 0 saturated heterocycles. The van der Waals surface area contributed by atoms with E-state index in [4.69, 9.17) is 0 Å². The first kappa shape index (κ1) is 16.5. The molecule has 0 amide bonds. The molecule has 1 nitrogen and oxygen atoms in total. The van der Waals surface area contributed by atoms with E-state index in [9.17, 15) is 5.11 Å². The lowest BCUT2D eigenvalue weighted by Crippen LogP contribution is -2.42. The maximum Gasteiger partial charge on any atom is 0.122 e. The van der Waals surface area contributed by atoms with E-state index >= 15 is 0 Å². The molecule has 3 rings (SSSR count). The largest absolute Gasteiger partial charge is 0.392 e. The normalized spacial score (nSPS) is 11.1. The number of hydrogen-bond acceptors (Lipinski definition) is 1. The highest BCUT2D eigenvalue weighted by Gasteiger charge is 2.29. The standard InChI is InChI=1S/C22H22OSi/c1-24(2,21-11-4-3-5-12-21)22(13-8-16-23)20-15-14-18-9-6-7-10-19(18)17-20/h3-12,14-15,17,23H,16H2,1-2H3. The molecule has 3 aromatic carbocycles. The van der Waals surface area contributed by atoms with E-state index in [1.165, 1.54) is 26.7 Å². The molecule has 0 aliphatic rings. The minimum Gasteiger partial charge on any atom is -0.392 e. The van der Waals surface area contributed by atoms with Gasteiger partial charge in [0.25, 0.3) is 0 Å². The van der Waals surface area contributed by atoms with Crippen LogP contribution in [0.2, 0.25) is 13.1 Å². The molecule has 0 atom stereocenters. The summed E-state index contributed by atoms with van der Waals surface area (Å²) in [6.07, 6.45) is 1.72. The molecule has 0 spiro atoms. The van der Waals surface area contributed by atoms with E-state index in [0.29, 0.717) is 0 Å². The predicted molar refractivity (Wildman–Crippen MR) is 106 cm³/mol. The van der Waals surface area contributed by atoms with Gasteiger partial charge in [0.2, 0.25) is 0 Å². The SMILES string of the molecule is C[Si](C)(C(=C=CCO)c1ccc2ccccc2c1)c1ccccc1. The third kappa shape index (κ3) is 3.27. The quantitative estimate of drug-likeness (QED) is 0.550. The predicted octanol–water partition coefficient (Wildman–Crippen LogP) is 4.53. The van der Waals surface area contributed by atoms with Gasteiger partial charge in [0, 0.05) is 0 Å². The van der Waals surface area contributed by atoms with Gasteiger partial charge in [0.05, 0.1) is 6.61 Å². The second-order valence-corrected chi connectivity index (χ2v) is 10.8. The van der Waals surface area contributed by atoms with Crippen LogP contribution in [0.3, 0.4) is 0 Å². The number of rotatable bonds is 4. The van der Waals surface area contributed by atoms with E-state index < -0.39 is 8.07 Å². The van der Waals surface area contributed by atoms with Crippen molar-refractivity contribution in [1.29, 1.82) is 0 Å². The lowest BCUT2D eigenvalue weighted by atomic mass is 10.1. The summed E-state index contributed by atoms with van der Waals surface area (Å²) in [5.74, 6) is 0. The summed E-state index contributed by atoms with van der Waals surface area (Å²) in [5, 5.41) is 14.3. The second-order valence-electron chi connectivity index (χ2n) is 6.46. The van der Waals surface area contributed by atoms with Crippen LogP contribution in [0.5, 0.6) is 0 Å². The summed E-state index contributed by atoms with van der Waals surface area (Å²) in [4.78, 5) is 0. The molecule has 3 aromatic rings. The third-order valence-electron chi connectivity index (χ3n) is 4.50. The first-order valence-corrected chi connectivity index (χ1v) is 11.2. The zero-order chi connectivity index (χ0) is 17.0. The average Bonchev–Trinajstić information content (AvgIpc) is 2.62. The zero-order valence-corrected chi connectivity index (χ0v) is 15.2. The van der Waals surface area contributed by atoms with Crippen molar-refractivity contribution in [2.75, 3.05) is 6.61 Å². The first-order valence-electron chi connectivity index (χ1n) is 8.24. The molecule has 0 aliphatic carbocycles. The van der Waals surface area contributed by atoms with Gasteiger partial charge in [-0.25, -0.2) is 0 Å². The molecule has 24 heavy (non-hydrogen) atoms. The maximum absolute atomic E-state index is 9.25. The van der Waals surface area contributed by atoms with Crippen molar-refractivity contribution in [2.24, 2.45) is 0 Å². The highest BCUT2D eigenvalue weighted by Crippen LogP contribution is 2.28. The molecule has 0 unspecified atom stereocenters. The Morgan fingerprint density at radius 1 is 0.917 bits per heavy atom. The van der Waals surface area contributed by atoms with Crippen LogP contribution in [0.25, 0.3) is 16.0 Å².